The number of nitrogens with zero attached hydrogens (tertiary/aromatic N) is 4. The SMILES string of the molecule is O=S(=O)(O)CCn1[c]nnn1. The third-order valence-corrected chi connectivity index (χ3v) is 1.61. The van der Waals surface area contributed by atoms with Crippen LogP contribution in [0.2, 0.25) is 0 Å². The van der Waals surface area contributed by atoms with Crippen LogP contribution in [0.25, 0.3) is 0 Å². The third kappa shape index (κ3) is 3.05. The number of hydrogen-bond acceptors (Lipinski definition) is 5. The van der Waals surface area contributed by atoms with Crippen LogP contribution in [0.3, 0.4) is 0 Å². The van der Waals surface area contributed by atoms with Gasteiger partial charge in [-0.05, 0) is 10.4 Å². The molecule has 11 heavy (non-hydrogen) atoms. The number of tetrazole rings is 1. The molecule has 0 unspecified atom stereocenters. The molecule has 0 aliphatic carbocycles. The lowest BCUT2D eigenvalue weighted by Crippen LogP contribution is -2.12. The van der Waals surface area contributed by atoms with Gasteiger partial charge >= 0.3 is 0 Å². The van der Waals surface area contributed by atoms with Gasteiger partial charge in [-0.3, -0.25) is 4.55 Å². The minimum Gasteiger partial charge on any atom is -0.285 e. The van der Waals surface area contributed by atoms with Crippen molar-refractivity contribution in [2.75, 3.05) is 5.75 Å². The summed E-state index contributed by atoms with van der Waals surface area (Å²) in [5.74, 6) is -0.408. The van der Waals surface area contributed by atoms with Gasteiger partial charge in [-0.25, -0.2) is 4.68 Å². The van der Waals surface area contributed by atoms with E-state index in [1.807, 2.05) is 0 Å². The summed E-state index contributed by atoms with van der Waals surface area (Å²) in [6.45, 7) is 0.00579. The van der Waals surface area contributed by atoms with E-state index in [0.29, 0.717) is 0 Å². The molecule has 1 aromatic heterocycles. The fourth-order valence-corrected chi connectivity index (χ4v) is 0.860. The molecule has 1 aromatic rings. The Kier molecular flexibility index (Phi) is 2.15. The van der Waals surface area contributed by atoms with Crippen molar-refractivity contribution in [1.82, 2.24) is 20.2 Å². The normalized spacial score (nSPS) is 11.7. The van der Waals surface area contributed by atoms with Crippen LogP contribution in [-0.4, -0.2) is 38.9 Å². The maximum Gasteiger partial charge on any atom is 0.266 e. The van der Waals surface area contributed by atoms with Crippen LogP contribution < -0.4 is 0 Å². The van der Waals surface area contributed by atoms with Gasteiger partial charge in [-0.1, -0.05) is 0 Å². The van der Waals surface area contributed by atoms with Crippen molar-refractivity contribution in [1.29, 1.82) is 0 Å². The summed E-state index contributed by atoms with van der Waals surface area (Å²) in [7, 11) is -3.94. The van der Waals surface area contributed by atoms with E-state index in [1.165, 1.54) is 0 Å². The molecule has 0 spiro atoms. The highest BCUT2D eigenvalue weighted by molar-refractivity contribution is 7.85. The fraction of sp³-hybridized carbons (Fsp3) is 0.667. The molecule has 0 saturated carbocycles. The lowest BCUT2D eigenvalue weighted by molar-refractivity contribution is 0.474. The molecule has 0 aliphatic heterocycles. The Bertz CT molecular complexity index is 303. The Morgan fingerprint density at radius 2 is 2.27 bits per heavy atom. The van der Waals surface area contributed by atoms with Gasteiger partial charge < -0.3 is 0 Å². The van der Waals surface area contributed by atoms with Gasteiger partial charge in [0.25, 0.3) is 10.1 Å². The molecule has 0 fully saturated rings. The van der Waals surface area contributed by atoms with E-state index in [0.717, 1.165) is 4.68 Å². The van der Waals surface area contributed by atoms with Crippen molar-refractivity contribution in [3.63, 3.8) is 0 Å². The lowest BCUT2D eigenvalue weighted by atomic mass is 10.8. The average Bonchev–Trinajstić information content (AvgIpc) is 2.32. The first kappa shape index (κ1) is 8.08. The molecule has 0 bridgehead atoms. The van der Waals surface area contributed by atoms with E-state index in [1.54, 1.807) is 0 Å². The van der Waals surface area contributed by atoms with Crippen molar-refractivity contribution < 1.29 is 13.0 Å². The maximum absolute atomic E-state index is 10.2. The summed E-state index contributed by atoms with van der Waals surface area (Å²) in [4.78, 5) is 0. The number of rotatable bonds is 3. The zero-order valence-electron chi connectivity index (χ0n) is 5.38. The van der Waals surface area contributed by atoms with Crippen LogP contribution in [-0.2, 0) is 16.7 Å². The predicted molar refractivity (Wildman–Crippen MR) is 33.1 cm³/mol. The molecule has 1 heterocycles. The minimum atomic E-state index is -3.94. The maximum atomic E-state index is 10.2. The summed E-state index contributed by atoms with van der Waals surface area (Å²) in [6, 6.07) is 0. The molecule has 61 valence electrons. The van der Waals surface area contributed by atoms with E-state index < -0.39 is 15.9 Å². The monoisotopic (exact) mass is 177 g/mol. The molecular weight excluding hydrogens is 172 g/mol. The molecule has 0 saturated heterocycles. The first-order chi connectivity index (χ1) is 5.08. The van der Waals surface area contributed by atoms with Gasteiger partial charge in [0, 0.05) is 0 Å². The second-order valence-electron chi connectivity index (χ2n) is 1.79. The van der Waals surface area contributed by atoms with E-state index in [2.05, 4.69) is 21.9 Å². The van der Waals surface area contributed by atoms with Crippen LogP contribution >= 0.6 is 0 Å². The van der Waals surface area contributed by atoms with Crippen molar-refractivity contribution in [3.8, 4) is 0 Å². The van der Waals surface area contributed by atoms with Crippen LogP contribution in [0.1, 0.15) is 0 Å². The van der Waals surface area contributed by atoms with Gasteiger partial charge in [0.1, 0.15) is 0 Å². The first-order valence-corrected chi connectivity index (χ1v) is 4.28. The topological polar surface area (TPSA) is 98.0 Å². The Labute approximate surface area is 62.8 Å². The summed E-state index contributed by atoms with van der Waals surface area (Å²) >= 11 is 0. The van der Waals surface area contributed by atoms with Crippen LogP contribution in [0.15, 0.2) is 0 Å². The molecule has 8 heteroatoms. The van der Waals surface area contributed by atoms with Crippen molar-refractivity contribution in [2.45, 2.75) is 6.54 Å². The van der Waals surface area contributed by atoms with Gasteiger partial charge in [0.15, 0.2) is 0 Å². The van der Waals surface area contributed by atoms with Crippen LogP contribution in [0, 0.1) is 6.33 Å². The summed E-state index contributed by atoms with van der Waals surface area (Å²) in [5.41, 5.74) is 0. The number of hydrogen-bond donors (Lipinski definition) is 1. The summed E-state index contributed by atoms with van der Waals surface area (Å²) < 4.78 is 29.8. The van der Waals surface area contributed by atoms with Crippen molar-refractivity contribution in [3.05, 3.63) is 6.33 Å². The molecule has 1 N–H and O–H groups in total. The van der Waals surface area contributed by atoms with Crippen molar-refractivity contribution >= 4 is 10.1 Å². The first-order valence-electron chi connectivity index (χ1n) is 2.67. The lowest BCUT2D eigenvalue weighted by Gasteiger charge is -1.93. The van der Waals surface area contributed by atoms with E-state index in [-0.39, 0.29) is 6.54 Å². The van der Waals surface area contributed by atoms with Crippen LogP contribution in [0.5, 0.6) is 0 Å². The second kappa shape index (κ2) is 2.93. The summed E-state index contributed by atoms with van der Waals surface area (Å²) in [6.07, 6.45) is 2.28. The third-order valence-electron chi connectivity index (χ3n) is 0.914. The van der Waals surface area contributed by atoms with Gasteiger partial charge in [0.2, 0.25) is 6.33 Å². The smallest absolute Gasteiger partial charge is 0.266 e. The zero-order chi connectivity index (χ0) is 8.32. The van der Waals surface area contributed by atoms with E-state index >= 15 is 0 Å². The van der Waals surface area contributed by atoms with Gasteiger partial charge in [-0.15, -0.1) is 5.10 Å². The Hall–Kier alpha value is -1.02. The molecule has 0 atom stereocenters. The number of aryl methyl sites for hydroxylation is 1. The molecule has 0 aromatic carbocycles. The fourth-order valence-electron chi connectivity index (χ4n) is 0.456. The molecule has 7 nitrogen and oxygen atoms in total. The van der Waals surface area contributed by atoms with Gasteiger partial charge in [-0.2, -0.15) is 8.42 Å². The molecule has 0 aliphatic rings. The number of aromatic nitrogens is 4. The largest absolute Gasteiger partial charge is 0.285 e. The summed E-state index contributed by atoms with van der Waals surface area (Å²) in [5, 5.41) is 9.72. The Morgan fingerprint density at radius 3 is 2.73 bits per heavy atom. The van der Waals surface area contributed by atoms with Gasteiger partial charge in [0.05, 0.1) is 12.3 Å². The molecule has 1 radical (unpaired) electrons. The highest BCUT2D eigenvalue weighted by Crippen LogP contribution is 1.84. The van der Waals surface area contributed by atoms with Crippen molar-refractivity contribution in [2.24, 2.45) is 0 Å². The highest BCUT2D eigenvalue weighted by Gasteiger charge is 2.04. The van der Waals surface area contributed by atoms with E-state index in [4.69, 9.17) is 4.55 Å². The standard InChI is InChI=1S/C3H5N4O3S/c8-11(9,10)2-1-7-3-4-5-6-7/h1-2H2,(H,8,9,10). The zero-order valence-corrected chi connectivity index (χ0v) is 6.19. The Morgan fingerprint density at radius 1 is 1.55 bits per heavy atom. The minimum absolute atomic E-state index is 0.00579. The predicted octanol–water partition coefficient (Wildman–Crippen LogP) is -1.64. The second-order valence-corrected chi connectivity index (χ2v) is 3.36. The average molecular weight is 177 g/mol. The molecular formula is C3H5N4O3S. The quantitative estimate of drug-likeness (QED) is 0.556. The van der Waals surface area contributed by atoms with Crippen LogP contribution in [0.4, 0.5) is 0 Å². The molecule has 1 rings (SSSR count). The Balaban J connectivity index is 2.48. The highest BCUT2D eigenvalue weighted by atomic mass is 32.2. The van der Waals surface area contributed by atoms with E-state index in [9.17, 15) is 8.42 Å². The molecule has 0 amide bonds.